The lowest BCUT2D eigenvalue weighted by Gasteiger charge is -2.35. The molecule has 2 atom stereocenters. The summed E-state index contributed by atoms with van der Waals surface area (Å²) in [6, 6.07) is 3.66. The van der Waals surface area contributed by atoms with E-state index in [1.165, 1.54) is 31.7 Å². The lowest BCUT2D eigenvalue weighted by molar-refractivity contribution is -0.389. The first-order valence-corrected chi connectivity index (χ1v) is 6.95. The van der Waals surface area contributed by atoms with Gasteiger partial charge in [0.25, 0.3) is 0 Å². The molecule has 5 heteroatoms. The van der Waals surface area contributed by atoms with Crippen molar-refractivity contribution in [3.63, 3.8) is 0 Å². The van der Waals surface area contributed by atoms with Gasteiger partial charge in [-0.2, -0.15) is 0 Å². The predicted molar refractivity (Wildman–Crippen MR) is 75.1 cm³/mol. The predicted octanol–water partition coefficient (Wildman–Crippen LogP) is 3.62. The van der Waals surface area contributed by atoms with Gasteiger partial charge in [0.2, 0.25) is 0 Å². The van der Waals surface area contributed by atoms with Crippen LogP contribution in [0.5, 0.6) is 0 Å². The van der Waals surface area contributed by atoms with Crippen molar-refractivity contribution in [2.45, 2.75) is 45.6 Å². The molecule has 0 aromatic carbocycles. The summed E-state index contributed by atoms with van der Waals surface area (Å²) in [5.41, 5.74) is 0.878. The van der Waals surface area contributed by atoms with Gasteiger partial charge in [0, 0.05) is 12.1 Å². The third-order valence-electron chi connectivity index (χ3n) is 3.96. The number of hydrogen-bond donors (Lipinski definition) is 1. The van der Waals surface area contributed by atoms with Crippen molar-refractivity contribution < 1.29 is 4.92 Å². The first kappa shape index (κ1) is 13.8. The highest BCUT2D eigenvalue weighted by Gasteiger charge is 2.27. The van der Waals surface area contributed by atoms with Gasteiger partial charge in [-0.05, 0) is 40.7 Å². The molecule has 0 spiro atoms. The van der Waals surface area contributed by atoms with Crippen molar-refractivity contribution >= 4 is 11.5 Å². The first-order valence-electron chi connectivity index (χ1n) is 6.95. The Morgan fingerprint density at radius 1 is 1.37 bits per heavy atom. The summed E-state index contributed by atoms with van der Waals surface area (Å²) >= 11 is 0. The van der Waals surface area contributed by atoms with Crippen molar-refractivity contribution in [2.75, 3.05) is 5.32 Å². The standard InChI is InChI=1S/C14H21N3O2/c1-10(2)12-5-3-4-6-13(12)16-11-7-8-14(15-9-11)17(18)19/h7-10,12-13,16H,3-6H2,1-2H3. The highest BCUT2D eigenvalue weighted by molar-refractivity contribution is 5.44. The molecule has 0 bridgehead atoms. The molecule has 2 unspecified atom stereocenters. The van der Waals surface area contributed by atoms with Gasteiger partial charge >= 0.3 is 5.82 Å². The monoisotopic (exact) mass is 263 g/mol. The van der Waals surface area contributed by atoms with Crippen LogP contribution in [0.4, 0.5) is 11.5 Å². The van der Waals surface area contributed by atoms with Gasteiger partial charge in [0.1, 0.15) is 0 Å². The highest BCUT2D eigenvalue weighted by Crippen LogP contribution is 2.32. The van der Waals surface area contributed by atoms with E-state index in [0.29, 0.717) is 17.9 Å². The fraction of sp³-hybridized carbons (Fsp3) is 0.643. The summed E-state index contributed by atoms with van der Waals surface area (Å²) in [7, 11) is 0. The van der Waals surface area contributed by atoms with E-state index in [1.54, 1.807) is 12.3 Å². The van der Waals surface area contributed by atoms with Gasteiger partial charge in [0.05, 0.1) is 5.69 Å². The summed E-state index contributed by atoms with van der Waals surface area (Å²) in [6.45, 7) is 4.53. The number of nitrogens with one attached hydrogen (secondary N) is 1. The number of pyridine rings is 1. The number of nitro groups is 1. The largest absolute Gasteiger partial charge is 0.379 e. The van der Waals surface area contributed by atoms with E-state index in [4.69, 9.17) is 0 Å². The van der Waals surface area contributed by atoms with Gasteiger partial charge in [-0.1, -0.05) is 26.7 Å². The van der Waals surface area contributed by atoms with Crippen LogP contribution in [-0.2, 0) is 0 Å². The number of anilines is 1. The summed E-state index contributed by atoms with van der Waals surface area (Å²) in [5.74, 6) is 1.22. The van der Waals surface area contributed by atoms with E-state index >= 15 is 0 Å². The molecule has 0 amide bonds. The Labute approximate surface area is 113 Å². The molecule has 0 saturated heterocycles. The van der Waals surface area contributed by atoms with Crippen LogP contribution in [0, 0.1) is 22.0 Å². The Morgan fingerprint density at radius 2 is 2.11 bits per heavy atom. The minimum atomic E-state index is -0.471. The molecular formula is C14H21N3O2. The quantitative estimate of drug-likeness (QED) is 0.665. The Bertz CT molecular complexity index is 431. The topological polar surface area (TPSA) is 68.1 Å². The van der Waals surface area contributed by atoms with Gasteiger partial charge < -0.3 is 15.4 Å². The van der Waals surface area contributed by atoms with E-state index in [-0.39, 0.29) is 5.82 Å². The summed E-state index contributed by atoms with van der Waals surface area (Å²) in [5, 5.41) is 14.1. The van der Waals surface area contributed by atoms with Crippen molar-refractivity contribution in [2.24, 2.45) is 11.8 Å². The lowest BCUT2D eigenvalue weighted by atomic mass is 9.78. The third kappa shape index (κ3) is 3.43. The maximum Gasteiger partial charge on any atom is 0.363 e. The van der Waals surface area contributed by atoms with E-state index in [2.05, 4.69) is 24.1 Å². The normalized spacial score (nSPS) is 23.3. The molecule has 5 nitrogen and oxygen atoms in total. The Morgan fingerprint density at radius 3 is 2.68 bits per heavy atom. The summed E-state index contributed by atoms with van der Waals surface area (Å²) < 4.78 is 0. The average Bonchev–Trinajstić information content (AvgIpc) is 2.39. The fourth-order valence-electron chi connectivity index (χ4n) is 2.93. The van der Waals surface area contributed by atoms with Gasteiger partial charge in [-0.25, -0.2) is 0 Å². The van der Waals surface area contributed by atoms with Crippen LogP contribution in [0.15, 0.2) is 18.3 Å². The third-order valence-corrected chi connectivity index (χ3v) is 3.96. The number of nitrogens with zero attached hydrogens (tertiary/aromatic N) is 2. The van der Waals surface area contributed by atoms with Crippen LogP contribution >= 0.6 is 0 Å². The molecular weight excluding hydrogens is 242 g/mol. The molecule has 19 heavy (non-hydrogen) atoms. The zero-order valence-corrected chi connectivity index (χ0v) is 11.5. The number of hydrogen-bond acceptors (Lipinski definition) is 4. The molecule has 0 aliphatic heterocycles. The number of aromatic nitrogens is 1. The van der Waals surface area contributed by atoms with Crippen LogP contribution in [0.2, 0.25) is 0 Å². The number of rotatable bonds is 4. The maximum absolute atomic E-state index is 10.6. The van der Waals surface area contributed by atoms with E-state index in [0.717, 1.165) is 5.69 Å². The molecule has 1 saturated carbocycles. The smallest absolute Gasteiger partial charge is 0.363 e. The van der Waals surface area contributed by atoms with Crippen LogP contribution in [0.25, 0.3) is 0 Å². The lowest BCUT2D eigenvalue weighted by Crippen LogP contribution is -2.35. The molecule has 1 aliphatic carbocycles. The van der Waals surface area contributed by atoms with Crippen LogP contribution in [0.3, 0.4) is 0 Å². The van der Waals surface area contributed by atoms with Crippen LogP contribution in [-0.4, -0.2) is 15.9 Å². The minimum absolute atomic E-state index is 0.102. The van der Waals surface area contributed by atoms with E-state index in [1.807, 2.05) is 0 Å². The second-order valence-electron chi connectivity index (χ2n) is 5.61. The van der Waals surface area contributed by atoms with Crippen molar-refractivity contribution in [1.29, 1.82) is 0 Å². The molecule has 1 N–H and O–H groups in total. The Kier molecular flexibility index (Phi) is 4.35. The average molecular weight is 263 g/mol. The van der Waals surface area contributed by atoms with Crippen molar-refractivity contribution in [3.05, 3.63) is 28.4 Å². The SMILES string of the molecule is CC(C)C1CCCCC1Nc1ccc([N+](=O)[O-])nc1. The molecule has 1 aliphatic rings. The van der Waals surface area contributed by atoms with Gasteiger partial charge in [-0.3, -0.25) is 0 Å². The second-order valence-corrected chi connectivity index (χ2v) is 5.61. The zero-order valence-electron chi connectivity index (χ0n) is 11.5. The maximum atomic E-state index is 10.6. The molecule has 2 rings (SSSR count). The zero-order chi connectivity index (χ0) is 13.8. The first-order chi connectivity index (χ1) is 9.08. The molecule has 0 radical (unpaired) electrons. The summed E-state index contributed by atoms with van der Waals surface area (Å²) in [4.78, 5) is 13.9. The minimum Gasteiger partial charge on any atom is -0.379 e. The van der Waals surface area contributed by atoms with Gasteiger partial charge in [-0.15, -0.1) is 0 Å². The van der Waals surface area contributed by atoms with Crippen molar-refractivity contribution in [1.82, 2.24) is 4.98 Å². The summed E-state index contributed by atoms with van der Waals surface area (Å²) in [6.07, 6.45) is 6.54. The second kappa shape index (κ2) is 5.99. The molecule has 1 aromatic rings. The molecule has 1 aromatic heterocycles. The van der Waals surface area contributed by atoms with E-state index < -0.39 is 4.92 Å². The van der Waals surface area contributed by atoms with Crippen LogP contribution < -0.4 is 5.32 Å². The van der Waals surface area contributed by atoms with E-state index in [9.17, 15) is 10.1 Å². The Hall–Kier alpha value is -1.65. The molecule has 104 valence electrons. The molecule has 1 fully saturated rings. The fourth-order valence-corrected chi connectivity index (χ4v) is 2.93. The molecule has 1 heterocycles. The van der Waals surface area contributed by atoms with Crippen molar-refractivity contribution in [3.8, 4) is 0 Å². The Balaban J connectivity index is 2.04. The van der Waals surface area contributed by atoms with Crippen LogP contribution in [0.1, 0.15) is 39.5 Å². The van der Waals surface area contributed by atoms with Gasteiger partial charge in [0.15, 0.2) is 6.20 Å². The highest BCUT2D eigenvalue weighted by atomic mass is 16.6.